The largest absolute Gasteiger partial charge is 0.393 e. The molecule has 1 aliphatic rings. The zero-order chi connectivity index (χ0) is 8.81. The Morgan fingerprint density at radius 3 is 2.83 bits per heavy atom. The SMILES string of the molecule is CCCCC=CC1CCCC1O. The van der Waals surface area contributed by atoms with Gasteiger partial charge in [0.2, 0.25) is 0 Å². The van der Waals surface area contributed by atoms with Crippen molar-refractivity contribution in [2.75, 3.05) is 0 Å². The van der Waals surface area contributed by atoms with E-state index in [0.29, 0.717) is 5.92 Å². The number of aliphatic hydroxyl groups excluding tert-OH is 1. The minimum Gasteiger partial charge on any atom is -0.393 e. The van der Waals surface area contributed by atoms with Gasteiger partial charge in [-0.25, -0.2) is 0 Å². The standard InChI is InChI=1S/C11H20O/c1-2-3-4-5-7-10-8-6-9-11(10)12/h5,7,10-12H,2-4,6,8-9H2,1H3. The molecule has 1 saturated carbocycles. The normalized spacial score (nSPS) is 30.2. The maximum atomic E-state index is 9.49. The average molecular weight is 168 g/mol. The molecule has 1 heteroatoms. The van der Waals surface area contributed by atoms with Gasteiger partial charge in [0, 0.05) is 5.92 Å². The highest BCUT2D eigenvalue weighted by molar-refractivity contribution is 4.94. The summed E-state index contributed by atoms with van der Waals surface area (Å²) in [4.78, 5) is 0. The molecular formula is C11H20O. The summed E-state index contributed by atoms with van der Waals surface area (Å²) in [6.45, 7) is 2.21. The molecule has 2 atom stereocenters. The van der Waals surface area contributed by atoms with Crippen molar-refractivity contribution in [1.29, 1.82) is 0 Å². The van der Waals surface area contributed by atoms with E-state index in [2.05, 4.69) is 19.1 Å². The van der Waals surface area contributed by atoms with Crippen molar-refractivity contribution in [3.8, 4) is 0 Å². The Kier molecular flexibility index (Phi) is 4.37. The van der Waals surface area contributed by atoms with E-state index in [1.807, 2.05) is 0 Å². The van der Waals surface area contributed by atoms with Gasteiger partial charge in [-0.1, -0.05) is 38.3 Å². The van der Waals surface area contributed by atoms with Gasteiger partial charge in [-0.3, -0.25) is 0 Å². The summed E-state index contributed by atoms with van der Waals surface area (Å²) in [6.07, 6.45) is 11.5. The zero-order valence-corrected chi connectivity index (χ0v) is 8.00. The molecule has 0 amide bonds. The summed E-state index contributed by atoms with van der Waals surface area (Å²) in [5.74, 6) is 0.460. The molecule has 1 N–H and O–H groups in total. The number of rotatable bonds is 4. The fourth-order valence-corrected chi connectivity index (χ4v) is 1.79. The molecule has 1 nitrogen and oxygen atoms in total. The highest BCUT2D eigenvalue weighted by Gasteiger charge is 2.21. The number of allylic oxidation sites excluding steroid dienone is 1. The summed E-state index contributed by atoms with van der Waals surface area (Å²) in [5.41, 5.74) is 0. The fraction of sp³-hybridized carbons (Fsp3) is 0.818. The molecule has 70 valence electrons. The molecule has 1 aliphatic carbocycles. The monoisotopic (exact) mass is 168 g/mol. The van der Waals surface area contributed by atoms with E-state index < -0.39 is 0 Å². The van der Waals surface area contributed by atoms with Crippen molar-refractivity contribution in [2.45, 2.75) is 51.6 Å². The molecular weight excluding hydrogens is 148 g/mol. The summed E-state index contributed by atoms with van der Waals surface area (Å²) in [7, 11) is 0. The molecule has 0 heterocycles. The lowest BCUT2D eigenvalue weighted by atomic mass is 10.0. The average Bonchev–Trinajstić information content (AvgIpc) is 2.46. The maximum Gasteiger partial charge on any atom is 0.0602 e. The summed E-state index contributed by atoms with van der Waals surface area (Å²) < 4.78 is 0. The second-order valence-electron chi connectivity index (χ2n) is 3.73. The second-order valence-corrected chi connectivity index (χ2v) is 3.73. The first kappa shape index (κ1) is 9.79. The molecule has 1 rings (SSSR count). The van der Waals surface area contributed by atoms with E-state index in [-0.39, 0.29) is 6.10 Å². The van der Waals surface area contributed by atoms with E-state index >= 15 is 0 Å². The first-order valence-electron chi connectivity index (χ1n) is 5.19. The quantitative estimate of drug-likeness (QED) is 0.505. The van der Waals surface area contributed by atoms with Gasteiger partial charge >= 0.3 is 0 Å². The van der Waals surface area contributed by atoms with Crippen molar-refractivity contribution in [3.05, 3.63) is 12.2 Å². The number of aliphatic hydroxyl groups is 1. The van der Waals surface area contributed by atoms with E-state index in [4.69, 9.17) is 0 Å². The van der Waals surface area contributed by atoms with Crippen LogP contribution < -0.4 is 0 Å². The van der Waals surface area contributed by atoms with Gasteiger partial charge in [0.15, 0.2) is 0 Å². The summed E-state index contributed by atoms with van der Waals surface area (Å²) in [6, 6.07) is 0. The van der Waals surface area contributed by atoms with Crippen LogP contribution in [0.4, 0.5) is 0 Å². The molecule has 0 aromatic heterocycles. The van der Waals surface area contributed by atoms with Crippen molar-refractivity contribution < 1.29 is 5.11 Å². The lowest BCUT2D eigenvalue weighted by molar-refractivity contribution is 0.153. The third-order valence-electron chi connectivity index (χ3n) is 2.64. The first-order valence-corrected chi connectivity index (χ1v) is 5.19. The molecule has 0 saturated heterocycles. The molecule has 12 heavy (non-hydrogen) atoms. The highest BCUT2D eigenvalue weighted by atomic mass is 16.3. The minimum atomic E-state index is -0.0529. The predicted octanol–water partition coefficient (Wildman–Crippen LogP) is 2.89. The molecule has 0 spiro atoms. The van der Waals surface area contributed by atoms with Crippen LogP contribution in [0.5, 0.6) is 0 Å². The number of hydrogen-bond acceptors (Lipinski definition) is 1. The second kappa shape index (κ2) is 5.36. The Hall–Kier alpha value is -0.300. The van der Waals surface area contributed by atoms with Gasteiger partial charge in [-0.05, 0) is 19.3 Å². The Labute approximate surface area is 75.5 Å². The smallest absolute Gasteiger partial charge is 0.0602 e. The van der Waals surface area contributed by atoms with Crippen LogP contribution in [0.1, 0.15) is 45.4 Å². The van der Waals surface area contributed by atoms with E-state index in [0.717, 1.165) is 6.42 Å². The minimum absolute atomic E-state index is 0.0529. The zero-order valence-electron chi connectivity index (χ0n) is 8.00. The Morgan fingerprint density at radius 2 is 2.25 bits per heavy atom. The van der Waals surface area contributed by atoms with Crippen LogP contribution in [0.3, 0.4) is 0 Å². The number of hydrogen-bond donors (Lipinski definition) is 1. The van der Waals surface area contributed by atoms with E-state index in [1.165, 1.54) is 32.1 Å². The summed E-state index contributed by atoms with van der Waals surface area (Å²) >= 11 is 0. The van der Waals surface area contributed by atoms with Crippen molar-refractivity contribution in [2.24, 2.45) is 5.92 Å². The van der Waals surface area contributed by atoms with Crippen LogP contribution >= 0.6 is 0 Å². The Bertz CT molecular complexity index is 140. The van der Waals surface area contributed by atoms with Gasteiger partial charge in [0.1, 0.15) is 0 Å². The molecule has 0 bridgehead atoms. The Balaban J connectivity index is 2.16. The Morgan fingerprint density at radius 1 is 1.42 bits per heavy atom. The van der Waals surface area contributed by atoms with Crippen LogP contribution in [0.15, 0.2) is 12.2 Å². The van der Waals surface area contributed by atoms with Gasteiger partial charge in [-0.15, -0.1) is 0 Å². The van der Waals surface area contributed by atoms with Crippen LogP contribution in [-0.4, -0.2) is 11.2 Å². The lowest BCUT2D eigenvalue weighted by Gasteiger charge is -2.07. The van der Waals surface area contributed by atoms with E-state index in [1.54, 1.807) is 0 Å². The van der Waals surface area contributed by atoms with Crippen LogP contribution in [0, 0.1) is 5.92 Å². The third-order valence-corrected chi connectivity index (χ3v) is 2.64. The van der Waals surface area contributed by atoms with Crippen molar-refractivity contribution >= 4 is 0 Å². The van der Waals surface area contributed by atoms with Gasteiger partial charge < -0.3 is 5.11 Å². The van der Waals surface area contributed by atoms with Crippen molar-refractivity contribution in [1.82, 2.24) is 0 Å². The van der Waals surface area contributed by atoms with E-state index in [9.17, 15) is 5.11 Å². The van der Waals surface area contributed by atoms with Crippen LogP contribution in [-0.2, 0) is 0 Å². The van der Waals surface area contributed by atoms with Gasteiger partial charge in [-0.2, -0.15) is 0 Å². The molecule has 0 aromatic carbocycles. The maximum absolute atomic E-state index is 9.49. The molecule has 2 unspecified atom stereocenters. The van der Waals surface area contributed by atoms with Gasteiger partial charge in [0.05, 0.1) is 6.10 Å². The van der Waals surface area contributed by atoms with Crippen molar-refractivity contribution in [3.63, 3.8) is 0 Å². The third kappa shape index (κ3) is 2.98. The molecule has 1 fully saturated rings. The van der Waals surface area contributed by atoms with Gasteiger partial charge in [0.25, 0.3) is 0 Å². The molecule has 0 radical (unpaired) electrons. The predicted molar refractivity (Wildman–Crippen MR) is 52.0 cm³/mol. The summed E-state index contributed by atoms with van der Waals surface area (Å²) in [5, 5.41) is 9.49. The highest BCUT2D eigenvalue weighted by Crippen LogP contribution is 2.26. The molecule has 0 aromatic rings. The molecule has 0 aliphatic heterocycles. The first-order chi connectivity index (χ1) is 5.84. The topological polar surface area (TPSA) is 20.2 Å². The van der Waals surface area contributed by atoms with Crippen LogP contribution in [0.25, 0.3) is 0 Å². The fourth-order valence-electron chi connectivity index (χ4n) is 1.79. The lowest BCUT2D eigenvalue weighted by Crippen LogP contribution is -2.09. The number of unbranched alkanes of at least 4 members (excludes halogenated alkanes) is 2. The van der Waals surface area contributed by atoms with Crippen LogP contribution in [0.2, 0.25) is 0 Å².